The molecule has 2 aromatic rings. The van der Waals surface area contributed by atoms with Gasteiger partial charge in [-0.3, -0.25) is 0 Å². The minimum atomic E-state index is 0.703. The molecule has 0 radical (unpaired) electrons. The maximum Gasteiger partial charge on any atom is 0.109 e. The van der Waals surface area contributed by atoms with E-state index >= 15 is 0 Å². The quantitative estimate of drug-likeness (QED) is 0.871. The molecule has 0 unspecified atom stereocenters. The van der Waals surface area contributed by atoms with Crippen LogP contribution in [0.1, 0.15) is 32.0 Å². The van der Waals surface area contributed by atoms with Gasteiger partial charge in [0.05, 0.1) is 11.0 Å². The molecule has 1 saturated heterocycles. The molecule has 1 fully saturated rings. The smallest absolute Gasteiger partial charge is 0.109 e. The number of anilines is 1. The highest BCUT2D eigenvalue weighted by molar-refractivity contribution is 5.79. The molecule has 108 valence electrons. The number of nitrogens with two attached hydrogens (primary N) is 1. The van der Waals surface area contributed by atoms with Crippen LogP contribution in [0.4, 0.5) is 5.69 Å². The normalized spacial score (nSPS) is 16.9. The molecular formula is C16H23N3O. The lowest BCUT2D eigenvalue weighted by molar-refractivity contribution is 0.0613. The van der Waals surface area contributed by atoms with Gasteiger partial charge in [0.25, 0.3) is 0 Å². The molecule has 0 aliphatic carbocycles. The molecule has 4 nitrogen and oxygen atoms in total. The van der Waals surface area contributed by atoms with Crippen molar-refractivity contribution in [3.63, 3.8) is 0 Å². The molecule has 0 atom stereocenters. The van der Waals surface area contributed by atoms with E-state index in [1.54, 1.807) is 0 Å². The Morgan fingerprint density at radius 2 is 2.15 bits per heavy atom. The summed E-state index contributed by atoms with van der Waals surface area (Å²) in [6, 6.07) is 6.06. The first-order valence-electron chi connectivity index (χ1n) is 7.60. The minimum absolute atomic E-state index is 0.703. The third kappa shape index (κ3) is 2.66. The summed E-state index contributed by atoms with van der Waals surface area (Å²) in [4.78, 5) is 4.78. The monoisotopic (exact) mass is 273 g/mol. The predicted octanol–water partition coefficient (Wildman–Crippen LogP) is 3.00. The van der Waals surface area contributed by atoms with Crippen LogP contribution in [0, 0.1) is 5.92 Å². The highest BCUT2D eigenvalue weighted by Crippen LogP contribution is 2.24. The molecule has 0 spiro atoms. The lowest BCUT2D eigenvalue weighted by Crippen LogP contribution is -2.21. The fraction of sp³-hybridized carbons (Fsp3) is 0.562. The molecule has 1 aromatic carbocycles. The summed E-state index contributed by atoms with van der Waals surface area (Å²) in [6.45, 7) is 5.05. The highest BCUT2D eigenvalue weighted by Gasteiger charge is 2.18. The average Bonchev–Trinajstić information content (AvgIpc) is 2.77. The topological polar surface area (TPSA) is 53.1 Å². The van der Waals surface area contributed by atoms with E-state index in [1.807, 2.05) is 12.1 Å². The van der Waals surface area contributed by atoms with Gasteiger partial charge in [0, 0.05) is 31.9 Å². The molecule has 1 aliphatic rings. The standard InChI is InChI=1S/C16H23N3O/c1-2-3-16-18-14-10-13(17)4-5-15(14)19(16)11-12-6-8-20-9-7-12/h4-5,10,12H,2-3,6-9,11,17H2,1H3. The van der Waals surface area contributed by atoms with Crippen LogP contribution in [0.5, 0.6) is 0 Å². The molecule has 2 N–H and O–H groups in total. The number of imidazole rings is 1. The zero-order valence-corrected chi connectivity index (χ0v) is 12.1. The fourth-order valence-electron chi connectivity index (χ4n) is 3.00. The van der Waals surface area contributed by atoms with Gasteiger partial charge in [-0.1, -0.05) is 6.92 Å². The van der Waals surface area contributed by atoms with Gasteiger partial charge in [0.2, 0.25) is 0 Å². The molecule has 1 aromatic heterocycles. The number of hydrogen-bond acceptors (Lipinski definition) is 3. The SMILES string of the molecule is CCCc1nc2cc(N)ccc2n1CC1CCOCC1. The molecule has 4 heteroatoms. The summed E-state index contributed by atoms with van der Waals surface area (Å²) in [5.74, 6) is 1.90. The summed E-state index contributed by atoms with van der Waals surface area (Å²) in [5, 5.41) is 0. The largest absolute Gasteiger partial charge is 0.399 e. The minimum Gasteiger partial charge on any atom is -0.399 e. The van der Waals surface area contributed by atoms with Crippen LogP contribution in [-0.2, 0) is 17.7 Å². The Morgan fingerprint density at radius 1 is 1.35 bits per heavy atom. The van der Waals surface area contributed by atoms with Crippen molar-refractivity contribution < 1.29 is 4.74 Å². The van der Waals surface area contributed by atoms with Crippen molar-refractivity contribution in [2.24, 2.45) is 5.92 Å². The summed E-state index contributed by atoms with van der Waals surface area (Å²) in [5.41, 5.74) is 8.91. The van der Waals surface area contributed by atoms with Crippen molar-refractivity contribution >= 4 is 16.7 Å². The van der Waals surface area contributed by atoms with E-state index in [2.05, 4.69) is 17.6 Å². The lowest BCUT2D eigenvalue weighted by Gasteiger charge is -2.23. The molecule has 0 bridgehead atoms. The molecule has 0 amide bonds. The Labute approximate surface area is 119 Å². The van der Waals surface area contributed by atoms with Crippen LogP contribution in [0.3, 0.4) is 0 Å². The zero-order valence-electron chi connectivity index (χ0n) is 12.1. The molecule has 2 heterocycles. The van der Waals surface area contributed by atoms with E-state index in [0.717, 1.165) is 56.6 Å². The van der Waals surface area contributed by atoms with Crippen LogP contribution >= 0.6 is 0 Å². The number of aromatic nitrogens is 2. The third-order valence-corrected chi connectivity index (χ3v) is 4.11. The maximum absolute atomic E-state index is 5.88. The maximum atomic E-state index is 5.88. The third-order valence-electron chi connectivity index (χ3n) is 4.11. The van der Waals surface area contributed by atoms with Crippen molar-refractivity contribution in [1.82, 2.24) is 9.55 Å². The molecule has 1 aliphatic heterocycles. The molecule has 20 heavy (non-hydrogen) atoms. The Kier molecular flexibility index (Phi) is 3.92. The number of fused-ring (bicyclic) bond motifs is 1. The highest BCUT2D eigenvalue weighted by atomic mass is 16.5. The first-order chi connectivity index (χ1) is 9.78. The van der Waals surface area contributed by atoms with Gasteiger partial charge in [-0.05, 0) is 43.4 Å². The van der Waals surface area contributed by atoms with Gasteiger partial charge in [-0.25, -0.2) is 4.98 Å². The van der Waals surface area contributed by atoms with Gasteiger partial charge in [-0.2, -0.15) is 0 Å². The summed E-state index contributed by atoms with van der Waals surface area (Å²) < 4.78 is 7.86. The van der Waals surface area contributed by atoms with Crippen molar-refractivity contribution in [1.29, 1.82) is 0 Å². The molecule has 0 saturated carbocycles. The van der Waals surface area contributed by atoms with Gasteiger partial charge >= 0.3 is 0 Å². The Bertz CT molecular complexity index is 585. The number of benzene rings is 1. The van der Waals surface area contributed by atoms with Gasteiger partial charge in [0.1, 0.15) is 5.82 Å². The zero-order chi connectivity index (χ0) is 13.9. The van der Waals surface area contributed by atoms with Gasteiger partial charge in [0.15, 0.2) is 0 Å². The van der Waals surface area contributed by atoms with Crippen LogP contribution in [0.2, 0.25) is 0 Å². The van der Waals surface area contributed by atoms with Crippen LogP contribution in [0.15, 0.2) is 18.2 Å². The van der Waals surface area contributed by atoms with E-state index in [4.69, 9.17) is 15.5 Å². The second-order valence-electron chi connectivity index (χ2n) is 5.69. The number of ether oxygens (including phenoxy) is 1. The second kappa shape index (κ2) is 5.83. The number of nitrogen functional groups attached to an aromatic ring is 1. The van der Waals surface area contributed by atoms with Crippen molar-refractivity contribution in [2.45, 2.75) is 39.2 Å². The number of rotatable bonds is 4. The first-order valence-corrected chi connectivity index (χ1v) is 7.60. The van der Waals surface area contributed by atoms with Crippen LogP contribution in [-0.4, -0.2) is 22.8 Å². The van der Waals surface area contributed by atoms with E-state index < -0.39 is 0 Å². The van der Waals surface area contributed by atoms with E-state index in [1.165, 1.54) is 11.3 Å². The van der Waals surface area contributed by atoms with Crippen LogP contribution < -0.4 is 5.73 Å². The Balaban J connectivity index is 1.95. The number of hydrogen-bond donors (Lipinski definition) is 1. The lowest BCUT2D eigenvalue weighted by atomic mass is 10.00. The van der Waals surface area contributed by atoms with E-state index in [9.17, 15) is 0 Å². The summed E-state index contributed by atoms with van der Waals surface area (Å²) in [6.07, 6.45) is 4.45. The number of nitrogens with zero attached hydrogens (tertiary/aromatic N) is 2. The van der Waals surface area contributed by atoms with E-state index in [-0.39, 0.29) is 0 Å². The summed E-state index contributed by atoms with van der Waals surface area (Å²) in [7, 11) is 0. The fourth-order valence-corrected chi connectivity index (χ4v) is 3.00. The number of aryl methyl sites for hydroxylation is 1. The Morgan fingerprint density at radius 3 is 2.90 bits per heavy atom. The first kappa shape index (κ1) is 13.4. The summed E-state index contributed by atoms with van der Waals surface area (Å²) >= 11 is 0. The second-order valence-corrected chi connectivity index (χ2v) is 5.69. The van der Waals surface area contributed by atoms with Crippen molar-refractivity contribution in [2.75, 3.05) is 18.9 Å². The van der Waals surface area contributed by atoms with Gasteiger partial charge < -0.3 is 15.0 Å². The van der Waals surface area contributed by atoms with E-state index in [0.29, 0.717) is 5.92 Å². The Hall–Kier alpha value is -1.55. The molecule has 3 rings (SSSR count). The molecular weight excluding hydrogens is 250 g/mol. The average molecular weight is 273 g/mol. The van der Waals surface area contributed by atoms with Gasteiger partial charge in [-0.15, -0.1) is 0 Å². The van der Waals surface area contributed by atoms with Crippen molar-refractivity contribution in [3.8, 4) is 0 Å². The van der Waals surface area contributed by atoms with Crippen molar-refractivity contribution in [3.05, 3.63) is 24.0 Å². The van der Waals surface area contributed by atoms with Crippen LogP contribution in [0.25, 0.3) is 11.0 Å². The predicted molar refractivity (Wildman–Crippen MR) is 81.7 cm³/mol.